The summed E-state index contributed by atoms with van der Waals surface area (Å²) in [6.45, 7) is 0. The molecule has 1 rings (SSSR count). The second-order valence-electron chi connectivity index (χ2n) is 1.36. The molecule has 0 radical (unpaired) electrons. The molecule has 8 heavy (non-hydrogen) atoms. The first kappa shape index (κ1) is 6.01. The molecule has 0 aromatic rings. The van der Waals surface area contributed by atoms with Crippen molar-refractivity contribution in [3.05, 3.63) is 23.8 Å². The van der Waals surface area contributed by atoms with E-state index in [1.165, 1.54) is 5.41 Å². The highest BCUT2D eigenvalue weighted by atomic mass is 35.7. The number of rotatable bonds is 0. The summed E-state index contributed by atoms with van der Waals surface area (Å²) in [6, 6.07) is 0. The molecule has 1 atom stereocenters. The number of halogens is 1. The van der Waals surface area contributed by atoms with Crippen LogP contribution in [-0.4, -0.2) is 4.55 Å². The van der Waals surface area contributed by atoms with E-state index in [-0.39, 0.29) is 0 Å². The molecule has 0 fully saturated rings. The summed E-state index contributed by atoms with van der Waals surface area (Å²) in [4.78, 5) is 0. The van der Waals surface area contributed by atoms with E-state index < -0.39 is 9.71 Å². The third-order valence-electron chi connectivity index (χ3n) is 0.700. The van der Waals surface area contributed by atoms with Crippen LogP contribution in [0.4, 0.5) is 0 Å². The Morgan fingerprint density at radius 1 is 1.50 bits per heavy atom. The highest BCUT2D eigenvalue weighted by molar-refractivity contribution is 8.47. The van der Waals surface area contributed by atoms with Gasteiger partial charge in [-0.2, -0.15) is 0 Å². The average Bonchev–Trinajstić information content (AvgIpc) is 1.65. The van der Waals surface area contributed by atoms with Gasteiger partial charge >= 0.3 is 0 Å². The summed E-state index contributed by atoms with van der Waals surface area (Å²) in [5.41, 5.74) is 0. The molecule has 0 aliphatic carbocycles. The van der Waals surface area contributed by atoms with Crippen LogP contribution in [0, 0.1) is 0 Å². The maximum absolute atomic E-state index is 8.97. The topological polar surface area (TPSA) is 32.3 Å². The van der Waals surface area contributed by atoms with Gasteiger partial charge in [-0.3, -0.25) is 0 Å². The van der Waals surface area contributed by atoms with Crippen LogP contribution in [0.15, 0.2) is 23.8 Å². The van der Waals surface area contributed by atoms with Crippen LogP contribution < -0.4 is 4.72 Å². The minimum atomic E-state index is -2.13. The minimum Gasteiger partial charge on any atom is -0.319 e. The highest BCUT2D eigenvalue weighted by Gasteiger charge is 2.09. The van der Waals surface area contributed by atoms with Crippen molar-refractivity contribution in [1.29, 1.82) is 0 Å². The van der Waals surface area contributed by atoms with Gasteiger partial charge in [-0.1, -0.05) is 6.08 Å². The van der Waals surface area contributed by atoms with E-state index >= 15 is 0 Å². The lowest BCUT2D eigenvalue weighted by molar-refractivity contribution is 0.642. The largest absolute Gasteiger partial charge is 0.319 e. The Balaban J connectivity index is 2.65. The molecule has 1 aliphatic heterocycles. The first-order chi connectivity index (χ1) is 3.71. The zero-order valence-corrected chi connectivity index (χ0v) is 5.62. The van der Waals surface area contributed by atoms with Crippen molar-refractivity contribution in [2.45, 2.75) is 0 Å². The zero-order chi connectivity index (χ0) is 6.04. The van der Waals surface area contributed by atoms with Gasteiger partial charge in [0.05, 0.1) is 0 Å². The zero-order valence-electron chi connectivity index (χ0n) is 4.04. The summed E-state index contributed by atoms with van der Waals surface area (Å²) >= 11 is 0. The van der Waals surface area contributed by atoms with Gasteiger partial charge < -0.3 is 9.27 Å². The Kier molecular flexibility index (Phi) is 1.51. The molecule has 1 unspecified atom stereocenters. The molecule has 0 amide bonds. The predicted octanol–water partition coefficient (Wildman–Crippen LogP) is 1.96. The SMILES string of the molecule is OS1(Cl)C=CC=CN1. The van der Waals surface area contributed by atoms with Crippen molar-refractivity contribution in [1.82, 2.24) is 4.72 Å². The minimum absolute atomic E-state index is 1.54. The molecular formula is C4H6ClNOS. The Morgan fingerprint density at radius 2 is 2.25 bits per heavy atom. The molecule has 1 heterocycles. The molecule has 0 saturated heterocycles. The Morgan fingerprint density at radius 3 is 2.50 bits per heavy atom. The highest BCUT2D eigenvalue weighted by Crippen LogP contribution is 2.46. The van der Waals surface area contributed by atoms with Crippen LogP contribution in [-0.2, 0) is 0 Å². The van der Waals surface area contributed by atoms with E-state index in [0.29, 0.717) is 0 Å². The molecular weight excluding hydrogens is 146 g/mol. The normalized spacial score (nSPS) is 42.8. The Bertz CT molecular complexity index is 143. The quantitative estimate of drug-likeness (QED) is 0.555. The first-order valence-electron chi connectivity index (χ1n) is 2.07. The monoisotopic (exact) mass is 151 g/mol. The van der Waals surface area contributed by atoms with Crippen LogP contribution in [0.1, 0.15) is 0 Å². The molecule has 2 nitrogen and oxygen atoms in total. The van der Waals surface area contributed by atoms with Gasteiger partial charge in [0.2, 0.25) is 0 Å². The molecule has 1 aliphatic rings. The summed E-state index contributed by atoms with van der Waals surface area (Å²) in [5.74, 6) is 0. The van der Waals surface area contributed by atoms with E-state index in [1.54, 1.807) is 18.4 Å². The molecule has 4 heteroatoms. The first-order valence-corrected chi connectivity index (χ1v) is 4.54. The van der Waals surface area contributed by atoms with Crippen LogP contribution in [0.3, 0.4) is 0 Å². The standard InChI is InChI=1S/C4H6ClNOS/c5-8(7)4-2-1-3-6-8/h1-4,6-7H. The van der Waals surface area contributed by atoms with Gasteiger partial charge in [0.25, 0.3) is 0 Å². The number of hydrogen-bond donors (Lipinski definition) is 2. The van der Waals surface area contributed by atoms with Gasteiger partial charge in [-0.25, -0.2) is 0 Å². The maximum atomic E-state index is 8.97. The lowest BCUT2D eigenvalue weighted by Crippen LogP contribution is -2.07. The van der Waals surface area contributed by atoms with Crippen molar-refractivity contribution in [3.8, 4) is 0 Å². The van der Waals surface area contributed by atoms with Crippen LogP contribution >= 0.6 is 20.4 Å². The molecule has 0 spiro atoms. The molecule has 2 N–H and O–H groups in total. The van der Waals surface area contributed by atoms with Gasteiger partial charge in [0, 0.05) is 21.3 Å². The fourth-order valence-corrected chi connectivity index (χ4v) is 1.36. The van der Waals surface area contributed by atoms with E-state index in [0.717, 1.165) is 0 Å². The van der Waals surface area contributed by atoms with Crippen LogP contribution in [0.5, 0.6) is 0 Å². The van der Waals surface area contributed by atoms with Crippen molar-refractivity contribution < 1.29 is 4.55 Å². The van der Waals surface area contributed by atoms with E-state index in [1.807, 2.05) is 0 Å². The Hall–Kier alpha value is -0.120. The van der Waals surface area contributed by atoms with E-state index in [9.17, 15) is 0 Å². The summed E-state index contributed by atoms with van der Waals surface area (Å²) in [5, 5.41) is 1.54. The fourth-order valence-electron chi connectivity index (χ4n) is 0.379. The number of hydrogen-bond acceptors (Lipinski definition) is 2. The predicted molar refractivity (Wildman–Crippen MR) is 37.5 cm³/mol. The second-order valence-corrected chi connectivity index (χ2v) is 4.37. The smallest absolute Gasteiger partial charge is 0.0403 e. The molecule has 0 bridgehead atoms. The third kappa shape index (κ3) is 1.43. The van der Waals surface area contributed by atoms with Crippen LogP contribution in [0.2, 0.25) is 0 Å². The average molecular weight is 152 g/mol. The molecule has 0 aromatic carbocycles. The van der Waals surface area contributed by atoms with E-state index in [2.05, 4.69) is 4.72 Å². The second kappa shape index (κ2) is 2.01. The van der Waals surface area contributed by atoms with Gasteiger partial charge in [0.1, 0.15) is 0 Å². The van der Waals surface area contributed by atoms with Crippen molar-refractivity contribution in [2.24, 2.45) is 0 Å². The van der Waals surface area contributed by atoms with Crippen LogP contribution in [0.25, 0.3) is 0 Å². The molecule has 46 valence electrons. The van der Waals surface area contributed by atoms with Crippen molar-refractivity contribution in [2.75, 3.05) is 0 Å². The summed E-state index contributed by atoms with van der Waals surface area (Å²) in [7, 11) is 3.33. The lowest BCUT2D eigenvalue weighted by atomic mass is 10.6. The molecule has 0 aromatic heterocycles. The third-order valence-corrected chi connectivity index (χ3v) is 2.26. The van der Waals surface area contributed by atoms with Gasteiger partial charge in [-0.15, -0.1) is 0 Å². The van der Waals surface area contributed by atoms with Crippen molar-refractivity contribution >= 4 is 20.4 Å². The lowest BCUT2D eigenvalue weighted by Gasteiger charge is -2.22. The molecule has 0 saturated carbocycles. The Labute approximate surface area is 54.0 Å². The number of allylic oxidation sites excluding steroid dienone is 2. The van der Waals surface area contributed by atoms with Gasteiger partial charge in [-0.05, 0) is 16.8 Å². The van der Waals surface area contributed by atoms with Gasteiger partial charge in [0.15, 0.2) is 0 Å². The summed E-state index contributed by atoms with van der Waals surface area (Å²) in [6.07, 6.45) is 5.09. The number of nitrogens with one attached hydrogen (secondary N) is 1. The maximum Gasteiger partial charge on any atom is 0.0403 e. The van der Waals surface area contributed by atoms with Crippen molar-refractivity contribution in [3.63, 3.8) is 0 Å². The van der Waals surface area contributed by atoms with E-state index in [4.69, 9.17) is 15.2 Å². The fraction of sp³-hybridized carbons (Fsp3) is 0. The summed E-state index contributed by atoms with van der Waals surface area (Å²) < 4.78 is 11.6.